The van der Waals surface area contributed by atoms with Crippen LogP contribution in [0.1, 0.15) is 19.4 Å². The van der Waals surface area contributed by atoms with Gasteiger partial charge in [0.05, 0.1) is 13.7 Å². The van der Waals surface area contributed by atoms with E-state index in [0.717, 1.165) is 5.56 Å². The minimum absolute atomic E-state index is 0.725. The van der Waals surface area contributed by atoms with Crippen molar-refractivity contribution in [3.63, 3.8) is 0 Å². The first-order valence-electron chi connectivity index (χ1n) is 5.05. The van der Waals surface area contributed by atoms with Gasteiger partial charge in [-0.05, 0) is 19.4 Å². The number of benzene rings is 1. The molecule has 14 heavy (non-hydrogen) atoms. The van der Waals surface area contributed by atoms with Crippen LogP contribution in [0.4, 0.5) is 0 Å². The molecule has 0 aliphatic heterocycles. The van der Waals surface area contributed by atoms with Crippen LogP contribution in [0, 0.1) is 0 Å². The van der Waals surface area contributed by atoms with Gasteiger partial charge in [0.25, 0.3) is 0 Å². The maximum absolute atomic E-state index is 10.1. The Balaban J connectivity index is 3.31. The largest absolute Gasteiger partial charge is 0.386 e. The molecule has 0 spiro atoms. The molecule has 1 rings (SSSR count). The molecule has 1 aromatic carbocycles. The van der Waals surface area contributed by atoms with Crippen LogP contribution in [-0.2, 0) is 5.60 Å². The third-order valence-electron chi connectivity index (χ3n) is 2.39. The first-order valence-corrected chi connectivity index (χ1v) is 8.55. The zero-order valence-electron chi connectivity index (χ0n) is 9.76. The molecule has 2 heteroatoms. The van der Waals surface area contributed by atoms with Crippen molar-refractivity contribution in [2.75, 3.05) is 0 Å². The zero-order chi connectivity index (χ0) is 11.0. The highest BCUT2D eigenvalue weighted by Gasteiger charge is 2.26. The van der Waals surface area contributed by atoms with Crippen LogP contribution in [0.3, 0.4) is 0 Å². The van der Waals surface area contributed by atoms with Crippen LogP contribution in [0.15, 0.2) is 24.3 Å². The van der Waals surface area contributed by atoms with Gasteiger partial charge in [0.1, 0.15) is 0 Å². The van der Waals surface area contributed by atoms with Gasteiger partial charge >= 0.3 is 0 Å². The molecule has 1 N–H and O–H groups in total. The second-order valence-corrected chi connectivity index (χ2v) is 10.4. The Morgan fingerprint density at radius 1 is 1.07 bits per heavy atom. The molecule has 1 nitrogen and oxygen atoms in total. The Morgan fingerprint density at radius 2 is 1.57 bits per heavy atom. The van der Waals surface area contributed by atoms with E-state index >= 15 is 0 Å². The van der Waals surface area contributed by atoms with Crippen molar-refractivity contribution < 1.29 is 5.11 Å². The summed E-state index contributed by atoms with van der Waals surface area (Å²) in [6, 6.07) is 8.24. The van der Waals surface area contributed by atoms with E-state index in [1.807, 2.05) is 26.0 Å². The van der Waals surface area contributed by atoms with E-state index in [2.05, 4.69) is 31.8 Å². The molecule has 0 saturated carbocycles. The smallest absolute Gasteiger partial charge is 0.0839 e. The molecule has 0 atom stereocenters. The second kappa shape index (κ2) is 3.52. The summed E-state index contributed by atoms with van der Waals surface area (Å²) in [4.78, 5) is 0. The lowest BCUT2D eigenvalue weighted by atomic mass is 9.99. The Labute approximate surface area is 87.8 Å². The third-order valence-corrected chi connectivity index (χ3v) is 4.45. The Bertz CT molecular complexity index is 285. The van der Waals surface area contributed by atoms with Gasteiger partial charge in [-0.15, -0.1) is 0 Å². The number of hydrogen-bond donors (Lipinski definition) is 1. The zero-order valence-corrected chi connectivity index (χ0v) is 10.8. The SMILES string of the molecule is CC(C)(O)c1ccccc1[Si](C)(C)C. The van der Waals surface area contributed by atoms with Crippen molar-refractivity contribution in [2.45, 2.75) is 39.1 Å². The second-order valence-electron chi connectivity index (χ2n) is 5.35. The summed E-state index contributed by atoms with van der Waals surface area (Å²) in [5, 5.41) is 11.4. The fourth-order valence-corrected chi connectivity index (χ4v) is 3.46. The lowest BCUT2D eigenvalue weighted by Gasteiger charge is -2.27. The van der Waals surface area contributed by atoms with Crippen molar-refractivity contribution in [2.24, 2.45) is 0 Å². The highest BCUT2D eigenvalue weighted by atomic mass is 28.3. The van der Waals surface area contributed by atoms with E-state index in [9.17, 15) is 5.11 Å². The van der Waals surface area contributed by atoms with Crippen molar-refractivity contribution >= 4 is 13.3 Å². The Kier molecular flexibility index (Phi) is 2.88. The summed E-state index contributed by atoms with van der Waals surface area (Å²) in [5.41, 5.74) is 0.357. The van der Waals surface area contributed by atoms with E-state index in [-0.39, 0.29) is 0 Å². The summed E-state index contributed by atoms with van der Waals surface area (Å²) in [7, 11) is -1.35. The average molecular weight is 208 g/mol. The van der Waals surface area contributed by atoms with Crippen molar-refractivity contribution in [3.8, 4) is 0 Å². The topological polar surface area (TPSA) is 20.2 Å². The van der Waals surface area contributed by atoms with Crippen molar-refractivity contribution in [3.05, 3.63) is 29.8 Å². The van der Waals surface area contributed by atoms with E-state index in [4.69, 9.17) is 0 Å². The molecule has 1 aromatic rings. The molecule has 0 aliphatic carbocycles. The molecular weight excluding hydrogens is 188 g/mol. The average Bonchev–Trinajstić information content (AvgIpc) is 2.01. The summed E-state index contributed by atoms with van der Waals surface area (Å²) < 4.78 is 0. The normalized spacial score (nSPS) is 13.0. The molecule has 0 unspecified atom stereocenters. The van der Waals surface area contributed by atoms with Crippen LogP contribution >= 0.6 is 0 Å². The van der Waals surface area contributed by atoms with Gasteiger partial charge < -0.3 is 5.11 Å². The number of hydrogen-bond acceptors (Lipinski definition) is 1. The molecule has 0 bridgehead atoms. The van der Waals surface area contributed by atoms with Gasteiger partial charge in [0.2, 0.25) is 0 Å². The van der Waals surface area contributed by atoms with Gasteiger partial charge in [-0.2, -0.15) is 0 Å². The van der Waals surface area contributed by atoms with E-state index < -0.39 is 13.7 Å². The van der Waals surface area contributed by atoms with Crippen LogP contribution < -0.4 is 5.19 Å². The van der Waals surface area contributed by atoms with Crippen LogP contribution in [0.25, 0.3) is 0 Å². The van der Waals surface area contributed by atoms with Gasteiger partial charge in [-0.1, -0.05) is 49.1 Å². The fourth-order valence-electron chi connectivity index (χ4n) is 1.67. The molecule has 0 heterocycles. The minimum Gasteiger partial charge on any atom is -0.386 e. The molecule has 0 saturated heterocycles. The van der Waals surface area contributed by atoms with Gasteiger partial charge in [0.15, 0.2) is 0 Å². The molecule has 78 valence electrons. The first-order chi connectivity index (χ1) is 6.23. The fraction of sp³-hybridized carbons (Fsp3) is 0.500. The molecule has 0 aliphatic rings. The van der Waals surface area contributed by atoms with Crippen LogP contribution in [0.5, 0.6) is 0 Å². The molecule has 0 fully saturated rings. The highest BCUT2D eigenvalue weighted by molar-refractivity contribution is 6.89. The predicted molar refractivity (Wildman–Crippen MR) is 64.7 cm³/mol. The summed E-state index contributed by atoms with van der Waals surface area (Å²) in [6.07, 6.45) is 0. The van der Waals surface area contributed by atoms with Gasteiger partial charge in [-0.3, -0.25) is 0 Å². The van der Waals surface area contributed by atoms with E-state index in [1.54, 1.807) is 0 Å². The van der Waals surface area contributed by atoms with E-state index in [0.29, 0.717) is 0 Å². The van der Waals surface area contributed by atoms with E-state index in [1.165, 1.54) is 5.19 Å². The predicted octanol–water partition coefficient (Wildman–Crippen LogP) is 2.46. The molecule has 0 radical (unpaired) electrons. The lowest BCUT2D eigenvalue weighted by Crippen LogP contribution is -2.43. The van der Waals surface area contributed by atoms with Crippen molar-refractivity contribution in [1.82, 2.24) is 0 Å². The Hall–Kier alpha value is -0.603. The third kappa shape index (κ3) is 2.46. The lowest BCUT2D eigenvalue weighted by molar-refractivity contribution is 0.0796. The first kappa shape index (κ1) is 11.5. The maximum atomic E-state index is 10.1. The molecular formula is C12H20OSi. The summed E-state index contributed by atoms with van der Waals surface area (Å²) >= 11 is 0. The van der Waals surface area contributed by atoms with Crippen molar-refractivity contribution in [1.29, 1.82) is 0 Å². The highest BCUT2D eigenvalue weighted by Crippen LogP contribution is 2.20. The number of rotatable bonds is 2. The summed E-state index contributed by atoms with van der Waals surface area (Å²) in [6.45, 7) is 10.6. The quantitative estimate of drug-likeness (QED) is 0.740. The molecule has 0 amide bonds. The Morgan fingerprint density at radius 3 is 1.93 bits per heavy atom. The molecule has 0 aromatic heterocycles. The van der Waals surface area contributed by atoms with Gasteiger partial charge in [0, 0.05) is 0 Å². The standard InChI is InChI=1S/C12H20OSi/c1-12(2,13)10-8-6-7-9-11(10)14(3,4)5/h6-9,13H,1-5H3. The maximum Gasteiger partial charge on any atom is 0.0839 e. The monoisotopic (exact) mass is 208 g/mol. The van der Waals surface area contributed by atoms with Crippen LogP contribution in [-0.4, -0.2) is 13.2 Å². The number of aliphatic hydroxyl groups is 1. The minimum atomic E-state index is -1.35. The van der Waals surface area contributed by atoms with Crippen LogP contribution in [0.2, 0.25) is 19.6 Å². The summed E-state index contributed by atoms with van der Waals surface area (Å²) in [5.74, 6) is 0. The van der Waals surface area contributed by atoms with Gasteiger partial charge in [-0.25, -0.2) is 0 Å².